The van der Waals surface area contributed by atoms with E-state index in [0.717, 1.165) is 22.3 Å². The minimum Gasteiger partial charge on any atom is -0.485 e. The van der Waals surface area contributed by atoms with Gasteiger partial charge in [-0.2, -0.15) is 0 Å². The first-order valence-corrected chi connectivity index (χ1v) is 10.5. The molecule has 1 aromatic heterocycles. The Bertz CT molecular complexity index is 1530. The second-order valence-electron chi connectivity index (χ2n) is 7.65. The molecule has 0 atom stereocenters. The highest BCUT2D eigenvalue weighted by Gasteiger charge is 2.24. The van der Waals surface area contributed by atoms with E-state index in [-0.39, 0.29) is 18.1 Å². The van der Waals surface area contributed by atoms with Crippen molar-refractivity contribution < 1.29 is 18.8 Å². The summed E-state index contributed by atoms with van der Waals surface area (Å²) in [5.74, 6) is -1.06. The number of aromatic nitrogens is 2. The highest BCUT2D eigenvalue weighted by molar-refractivity contribution is 5.56. The van der Waals surface area contributed by atoms with Crippen LogP contribution in [0.25, 0.3) is 5.69 Å². The average molecular weight is 477 g/mol. The predicted molar refractivity (Wildman–Crippen MR) is 126 cm³/mol. The zero-order valence-corrected chi connectivity index (χ0v) is 18.8. The number of hydrogen-bond donors (Lipinski definition) is 0. The van der Waals surface area contributed by atoms with Crippen molar-refractivity contribution >= 4 is 5.69 Å². The van der Waals surface area contributed by atoms with Crippen LogP contribution in [0.3, 0.4) is 0 Å². The fraction of sp³-hybridized carbons (Fsp3) is 0.120. The van der Waals surface area contributed by atoms with E-state index in [1.807, 2.05) is 30.3 Å². The molecule has 0 radical (unpaired) electrons. The summed E-state index contributed by atoms with van der Waals surface area (Å²) in [6, 6.07) is 18.6. The first kappa shape index (κ1) is 23.4. The van der Waals surface area contributed by atoms with E-state index in [9.17, 15) is 24.1 Å². The predicted octanol–water partition coefficient (Wildman–Crippen LogP) is 4.26. The molecule has 0 saturated carbocycles. The van der Waals surface area contributed by atoms with Crippen molar-refractivity contribution in [1.82, 2.24) is 9.13 Å². The van der Waals surface area contributed by atoms with Gasteiger partial charge in [-0.05, 0) is 24.6 Å². The van der Waals surface area contributed by atoms with E-state index >= 15 is 0 Å². The topological polar surface area (TPSA) is 106 Å². The third-order valence-corrected chi connectivity index (χ3v) is 5.33. The molecule has 4 rings (SSSR count). The Morgan fingerprint density at radius 3 is 2.29 bits per heavy atom. The van der Waals surface area contributed by atoms with E-state index in [4.69, 9.17) is 9.47 Å². The first-order chi connectivity index (χ1) is 16.8. The summed E-state index contributed by atoms with van der Waals surface area (Å²) < 4.78 is 28.3. The van der Waals surface area contributed by atoms with Gasteiger partial charge in [0.15, 0.2) is 17.3 Å². The van der Waals surface area contributed by atoms with Gasteiger partial charge in [0.05, 0.1) is 16.7 Å². The Morgan fingerprint density at radius 2 is 1.60 bits per heavy atom. The maximum Gasteiger partial charge on any atom is 0.335 e. The Hall–Kier alpha value is -4.73. The van der Waals surface area contributed by atoms with Crippen LogP contribution in [0.15, 0.2) is 82.4 Å². The number of aryl methyl sites for hydroxylation is 1. The highest BCUT2D eigenvalue weighted by atomic mass is 19.1. The van der Waals surface area contributed by atoms with E-state index in [1.54, 1.807) is 25.1 Å². The highest BCUT2D eigenvalue weighted by Crippen LogP contribution is 2.38. The molecule has 1 heterocycles. The van der Waals surface area contributed by atoms with Crippen LogP contribution in [-0.4, -0.2) is 14.1 Å². The lowest BCUT2D eigenvalue weighted by molar-refractivity contribution is -0.385. The number of nitrogens with zero attached hydrogens (tertiary/aromatic N) is 3. The molecule has 0 spiro atoms. The second-order valence-corrected chi connectivity index (χ2v) is 7.65. The molecule has 3 aromatic carbocycles. The number of hydrogen-bond acceptors (Lipinski definition) is 6. The molecular formula is C25H20FN3O6. The molecular weight excluding hydrogens is 457 g/mol. The van der Waals surface area contributed by atoms with Gasteiger partial charge in [-0.1, -0.05) is 42.5 Å². The van der Waals surface area contributed by atoms with Crippen LogP contribution in [0.5, 0.6) is 17.2 Å². The van der Waals surface area contributed by atoms with E-state index in [2.05, 4.69) is 0 Å². The van der Waals surface area contributed by atoms with Gasteiger partial charge in [0.2, 0.25) is 5.75 Å². The zero-order chi connectivity index (χ0) is 25.1. The molecule has 0 bridgehead atoms. The van der Waals surface area contributed by atoms with Crippen LogP contribution < -0.4 is 20.7 Å². The van der Waals surface area contributed by atoms with Gasteiger partial charge >= 0.3 is 11.4 Å². The summed E-state index contributed by atoms with van der Waals surface area (Å²) >= 11 is 0. The molecule has 0 fully saturated rings. The van der Waals surface area contributed by atoms with Gasteiger partial charge in [-0.15, -0.1) is 0 Å². The number of ether oxygens (including phenoxy) is 2. The van der Waals surface area contributed by atoms with Crippen molar-refractivity contribution in [2.45, 2.75) is 13.5 Å². The van der Waals surface area contributed by atoms with E-state index in [0.29, 0.717) is 22.1 Å². The second kappa shape index (κ2) is 9.64. The largest absolute Gasteiger partial charge is 0.485 e. The van der Waals surface area contributed by atoms with Crippen LogP contribution >= 0.6 is 0 Å². The molecule has 35 heavy (non-hydrogen) atoms. The van der Waals surface area contributed by atoms with Gasteiger partial charge in [0, 0.05) is 24.9 Å². The number of para-hydroxylation sites is 2. The Kier molecular flexibility index (Phi) is 6.45. The van der Waals surface area contributed by atoms with Gasteiger partial charge in [0.1, 0.15) is 6.61 Å². The van der Waals surface area contributed by atoms with Gasteiger partial charge in [0.25, 0.3) is 5.56 Å². The van der Waals surface area contributed by atoms with Crippen molar-refractivity contribution in [3.05, 3.63) is 121 Å². The maximum atomic E-state index is 14.9. The number of nitro groups is 1. The molecule has 0 amide bonds. The summed E-state index contributed by atoms with van der Waals surface area (Å²) in [6.07, 6.45) is 0. The molecule has 0 aliphatic carbocycles. The summed E-state index contributed by atoms with van der Waals surface area (Å²) in [5.41, 5.74) is -1.47. The Morgan fingerprint density at radius 1 is 0.943 bits per heavy atom. The zero-order valence-electron chi connectivity index (χ0n) is 18.8. The molecule has 0 saturated heterocycles. The van der Waals surface area contributed by atoms with Crippen LogP contribution in [0.1, 0.15) is 11.3 Å². The Labute approximate surface area is 198 Å². The summed E-state index contributed by atoms with van der Waals surface area (Å²) in [7, 11) is 1.43. The molecule has 4 aromatic rings. The number of nitro benzene ring substituents is 1. The standard InChI is InChI=1S/C25H20FN3O6/c1-16-12-24(30)28(25(31)27(16)2)19-14-23(20(29(32)33)13-18(19)26)35-22-11-7-6-10-21(22)34-15-17-8-4-3-5-9-17/h3-14H,15H2,1-2H3. The molecule has 0 N–H and O–H groups in total. The third-order valence-electron chi connectivity index (χ3n) is 5.33. The number of benzene rings is 3. The lowest BCUT2D eigenvalue weighted by atomic mass is 10.2. The summed E-state index contributed by atoms with van der Waals surface area (Å²) in [5, 5.41) is 11.6. The third kappa shape index (κ3) is 4.81. The van der Waals surface area contributed by atoms with Crippen LogP contribution in [0.2, 0.25) is 0 Å². The van der Waals surface area contributed by atoms with E-state index < -0.39 is 33.4 Å². The van der Waals surface area contributed by atoms with Crippen molar-refractivity contribution in [2.75, 3.05) is 0 Å². The molecule has 178 valence electrons. The fourth-order valence-electron chi connectivity index (χ4n) is 3.39. The minimum absolute atomic E-state index is 0.133. The van der Waals surface area contributed by atoms with Crippen LogP contribution in [0.4, 0.5) is 10.1 Å². The van der Waals surface area contributed by atoms with E-state index in [1.165, 1.54) is 13.1 Å². The maximum absolute atomic E-state index is 14.9. The monoisotopic (exact) mass is 477 g/mol. The van der Waals surface area contributed by atoms with Crippen LogP contribution in [0, 0.1) is 22.9 Å². The molecule has 9 nitrogen and oxygen atoms in total. The first-order valence-electron chi connectivity index (χ1n) is 10.5. The lowest BCUT2D eigenvalue weighted by Gasteiger charge is -2.15. The normalized spacial score (nSPS) is 10.7. The SMILES string of the molecule is Cc1cc(=O)n(-c2cc(Oc3ccccc3OCc3ccccc3)c([N+](=O)[O-])cc2F)c(=O)n1C. The smallest absolute Gasteiger partial charge is 0.335 e. The molecule has 0 unspecified atom stereocenters. The number of rotatable bonds is 7. The Balaban J connectivity index is 1.78. The van der Waals surface area contributed by atoms with Crippen molar-refractivity contribution in [3.63, 3.8) is 0 Å². The van der Waals surface area contributed by atoms with Gasteiger partial charge in [-0.25, -0.2) is 13.8 Å². The van der Waals surface area contributed by atoms with Gasteiger partial charge < -0.3 is 14.0 Å². The minimum atomic E-state index is -1.12. The van der Waals surface area contributed by atoms with Crippen LogP contribution in [-0.2, 0) is 13.7 Å². The fourth-order valence-corrected chi connectivity index (χ4v) is 3.39. The average Bonchev–Trinajstić information content (AvgIpc) is 2.84. The van der Waals surface area contributed by atoms with Gasteiger partial charge in [-0.3, -0.25) is 14.9 Å². The summed E-state index contributed by atoms with van der Waals surface area (Å²) in [4.78, 5) is 36.0. The molecule has 0 aliphatic rings. The molecule has 0 aliphatic heterocycles. The van der Waals surface area contributed by atoms with Crippen molar-refractivity contribution in [3.8, 4) is 22.9 Å². The lowest BCUT2D eigenvalue weighted by Crippen LogP contribution is -2.38. The van der Waals surface area contributed by atoms with Crippen molar-refractivity contribution in [1.29, 1.82) is 0 Å². The number of halogens is 1. The van der Waals surface area contributed by atoms with Crippen molar-refractivity contribution in [2.24, 2.45) is 7.05 Å². The molecule has 10 heteroatoms. The summed E-state index contributed by atoms with van der Waals surface area (Å²) in [6.45, 7) is 1.77. The quantitative estimate of drug-likeness (QED) is 0.291.